The highest BCUT2D eigenvalue weighted by molar-refractivity contribution is 7.11. The summed E-state index contributed by atoms with van der Waals surface area (Å²) in [6, 6.07) is 2.06. The first kappa shape index (κ1) is 34.5. The van der Waals surface area contributed by atoms with E-state index in [1.54, 1.807) is 11.3 Å². The fraction of sp³-hybridized carbons (Fsp3) is 0.500. The molecule has 5 heterocycles. The maximum atomic E-state index is 5.10. The minimum Gasteiger partial charge on any atom is -0.446 e. The highest BCUT2D eigenvalue weighted by atomic mass is 32.1. The molecule has 5 rings (SSSR count). The average Bonchev–Trinajstić information content (AvgIpc) is 3.56. The molecule has 0 fully saturated rings. The lowest BCUT2D eigenvalue weighted by Gasteiger charge is -1.87. The third-order valence-corrected chi connectivity index (χ3v) is 6.98. The van der Waals surface area contributed by atoms with Gasteiger partial charge in [-0.2, -0.15) is 10.2 Å². The predicted octanol–water partition coefficient (Wildman–Crippen LogP) is 6.78. The van der Waals surface area contributed by atoms with Gasteiger partial charge >= 0.3 is 0 Å². The predicted molar refractivity (Wildman–Crippen MR) is 165 cm³/mol. The molecule has 0 radical (unpaired) electrons. The average molecular weight is 569 g/mol. The Hall–Kier alpha value is -3.53. The molecule has 10 heteroatoms. The Kier molecular flexibility index (Phi) is 13.7. The summed E-state index contributed by atoms with van der Waals surface area (Å²) < 4.78 is 10.8. The van der Waals surface area contributed by atoms with Gasteiger partial charge in [-0.3, -0.25) is 9.36 Å². The Morgan fingerprint density at radius 3 is 1.43 bits per heavy atom. The number of aromatic nitrogens is 8. The van der Waals surface area contributed by atoms with Gasteiger partial charge in [0.2, 0.25) is 0 Å². The summed E-state index contributed by atoms with van der Waals surface area (Å²) in [6.45, 7) is 24.0. The number of oxazole rings is 1. The number of hydrogen-bond donors (Lipinski definition) is 0. The van der Waals surface area contributed by atoms with Crippen molar-refractivity contribution >= 4 is 11.3 Å². The van der Waals surface area contributed by atoms with E-state index >= 15 is 0 Å². The van der Waals surface area contributed by atoms with Crippen LogP contribution in [0.4, 0.5) is 0 Å². The van der Waals surface area contributed by atoms with Crippen LogP contribution < -0.4 is 0 Å². The minimum absolute atomic E-state index is 0.750. The van der Waals surface area contributed by atoms with E-state index in [-0.39, 0.29) is 0 Å². The van der Waals surface area contributed by atoms with Gasteiger partial charge in [-0.1, -0.05) is 0 Å². The van der Waals surface area contributed by atoms with Crippen LogP contribution in [-0.4, -0.2) is 39.1 Å². The Labute approximate surface area is 244 Å². The molecule has 9 nitrogen and oxygen atoms in total. The summed E-state index contributed by atoms with van der Waals surface area (Å²) >= 11 is 1.76. The number of imidazole rings is 1. The largest absolute Gasteiger partial charge is 0.446 e. The van der Waals surface area contributed by atoms with E-state index < -0.39 is 0 Å². The Balaban J connectivity index is 0.000000250. The second kappa shape index (κ2) is 15.9. The number of aryl methyl sites for hydroxylation is 15. The molecule has 0 N–H and O–H groups in total. The zero-order chi connectivity index (χ0) is 30.7. The molecule has 0 spiro atoms. The van der Waals surface area contributed by atoms with Crippen molar-refractivity contribution in [2.75, 3.05) is 0 Å². The molecular formula is C30H48N8OS. The van der Waals surface area contributed by atoms with Crippen molar-refractivity contribution in [3.05, 3.63) is 85.5 Å². The van der Waals surface area contributed by atoms with Gasteiger partial charge in [0, 0.05) is 51.0 Å². The van der Waals surface area contributed by atoms with Crippen LogP contribution in [0.25, 0.3) is 0 Å². The first-order valence-electron chi connectivity index (χ1n) is 13.2. The van der Waals surface area contributed by atoms with Crippen LogP contribution >= 0.6 is 11.3 Å². The molecule has 220 valence electrons. The Morgan fingerprint density at radius 1 is 0.675 bits per heavy atom. The van der Waals surface area contributed by atoms with Gasteiger partial charge in [0.15, 0.2) is 5.89 Å². The van der Waals surface area contributed by atoms with Crippen molar-refractivity contribution in [3.8, 4) is 0 Å². The van der Waals surface area contributed by atoms with Gasteiger partial charge in [0.05, 0.1) is 33.5 Å². The molecule has 0 bridgehead atoms. The minimum atomic E-state index is 0.750. The molecule has 0 saturated heterocycles. The summed E-state index contributed by atoms with van der Waals surface area (Å²) in [5, 5.41) is 9.42. The van der Waals surface area contributed by atoms with Crippen LogP contribution in [-0.2, 0) is 21.1 Å². The standard InChI is InChI=1S/3C6H10N2.C6H9NO.C6H9NS/c1-5-4-8(3)6(2)7-5;1-5-4-8(3)7-6(5)2;1-5-4-6(2)8(3)7-5;2*1-4-5(2)8-6(3)7-4/h3*4H,1-3H3;2*1-3H3. The maximum Gasteiger partial charge on any atom is 0.191 e. The number of thiazole rings is 1. The Bertz CT molecular complexity index is 1110. The quantitative estimate of drug-likeness (QED) is 0.204. The van der Waals surface area contributed by atoms with Crippen LogP contribution in [0, 0.1) is 83.1 Å². The van der Waals surface area contributed by atoms with Crippen molar-refractivity contribution in [2.45, 2.75) is 83.1 Å². The van der Waals surface area contributed by atoms with Gasteiger partial charge < -0.3 is 8.98 Å². The maximum absolute atomic E-state index is 5.10. The van der Waals surface area contributed by atoms with Gasteiger partial charge in [-0.25, -0.2) is 15.0 Å². The molecule has 0 aliphatic heterocycles. The molecule has 40 heavy (non-hydrogen) atoms. The van der Waals surface area contributed by atoms with Gasteiger partial charge in [-0.05, 0) is 87.8 Å². The molecule has 0 unspecified atom stereocenters. The molecule has 5 aromatic heterocycles. The van der Waals surface area contributed by atoms with Crippen molar-refractivity contribution in [2.24, 2.45) is 21.1 Å². The molecular weight excluding hydrogens is 520 g/mol. The smallest absolute Gasteiger partial charge is 0.191 e. The van der Waals surface area contributed by atoms with E-state index in [0.29, 0.717) is 0 Å². The summed E-state index contributed by atoms with van der Waals surface area (Å²) in [7, 11) is 5.87. The van der Waals surface area contributed by atoms with Crippen LogP contribution in [0.5, 0.6) is 0 Å². The van der Waals surface area contributed by atoms with Crippen molar-refractivity contribution in [3.63, 3.8) is 0 Å². The highest BCUT2D eigenvalue weighted by Gasteiger charge is 1.98. The first-order valence-corrected chi connectivity index (χ1v) is 14.0. The molecule has 0 aliphatic rings. The van der Waals surface area contributed by atoms with Gasteiger partial charge in [0.25, 0.3) is 0 Å². The van der Waals surface area contributed by atoms with Crippen molar-refractivity contribution in [1.29, 1.82) is 0 Å². The zero-order valence-corrected chi connectivity index (χ0v) is 27.9. The van der Waals surface area contributed by atoms with Crippen LogP contribution in [0.15, 0.2) is 22.9 Å². The van der Waals surface area contributed by atoms with E-state index in [0.717, 1.165) is 40.3 Å². The van der Waals surface area contributed by atoms with Crippen molar-refractivity contribution < 1.29 is 4.42 Å². The number of nitrogens with zero attached hydrogens (tertiary/aromatic N) is 8. The van der Waals surface area contributed by atoms with E-state index in [1.165, 1.54) is 26.8 Å². The third kappa shape index (κ3) is 12.1. The summed E-state index contributed by atoms with van der Waals surface area (Å²) in [6.07, 6.45) is 4.02. The van der Waals surface area contributed by atoms with Crippen LogP contribution in [0.2, 0.25) is 0 Å². The normalized spacial score (nSPS) is 9.88. The molecule has 0 saturated carbocycles. The number of rotatable bonds is 0. The second-order valence-electron chi connectivity index (χ2n) is 9.91. The fourth-order valence-corrected chi connectivity index (χ4v) is 4.28. The van der Waals surface area contributed by atoms with Gasteiger partial charge in [0.1, 0.15) is 11.6 Å². The Morgan fingerprint density at radius 2 is 1.30 bits per heavy atom. The topological polar surface area (TPSA) is 92.4 Å². The van der Waals surface area contributed by atoms with E-state index in [4.69, 9.17) is 4.42 Å². The molecule has 0 aromatic carbocycles. The fourth-order valence-electron chi connectivity index (χ4n) is 3.46. The lowest BCUT2D eigenvalue weighted by molar-refractivity contribution is 0.493. The lowest BCUT2D eigenvalue weighted by Crippen LogP contribution is -1.91. The van der Waals surface area contributed by atoms with Crippen molar-refractivity contribution in [1.82, 2.24) is 39.1 Å². The number of hydrogen-bond acceptors (Lipinski definition) is 7. The van der Waals surface area contributed by atoms with Gasteiger partial charge in [-0.15, -0.1) is 11.3 Å². The van der Waals surface area contributed by atoms with E-state index in [1.807, 2.05) is 117 Å². The lowest BCUT2D eigenvalue weighted by atomic mass is 10.3. The second-order valence-corrected chi connectivity index (χ2v) is 11.3. The van der Waals surface area contributed by atoms with E-state index in [9.17, 15) is 0 Å². The monoisotopic (exact) mass is 568 g/mol. The summed E-state index contributed by atoms with van der Waals surface area (Å²) in [5.41, 5.74) is 7.92. The molecule has 5 aromatic rings. The van der Waals surface area contributed by atoms with Crippen LogP contribution in [0.3, 0.4) is 0 Å². The first-order chi connectivity index (χ1) is 18.5. The summed E-state index contributed by atoms with van der Waals surface area (Å²) in [5.74, 6) is 2.74. The van der Waals surface area contributed by atoms with Crippen LogP contribution in [0.1, 0.15) is 67.1 Å². The third-order valence-electron chi connectivity index (χ3n) is 5.99. The molecule has 0 aliphatic carbocycles. The molecule has 0 amide bonds. The SMILES string of the molecule is Cc1cc(C)n(C)n1.Cc1cn(C)c(C)n1.Cc1cn(C)nc1C.Cc1nc(C)c(C)o1.Cc1nc(C)c(C)s1. The highest BCUT2D eigenvalue weighted by Crippen LogP contribution is 2.14. The van der Waals surface area contributed by atoms with E-state index in [2.05, 4.69) is 45.1 Å². The zero-order valence-electron chi connectivity index (χ0n) is 27.1. The molecule has 0 atom stereocenters. The summed E-state index contributed by atoms with van der Waals surface area (Å²) in [4.78, 5) is 13.8.